The predicted molar refractivity (Wildman–Crippen MR) is 106 cm³/mol. The van der Waals surface area contributed by atoms with E-state index in [0.29, 0.717) is 25.9 Å². The Bertz CT molecular complexity index is 974. The third-order valence-electron chi connectivity index (χ3n) is 4.86. The van der Waals surface area contributed by atoms with E-state index in [9.17, 15) is 26.4 Å². The maximum atomic E-state index is 12.8. The molecule has 10 heteroatoms. The van der Waals surface area contributed by atoms with E-state index in [1.807, 2.05) is 0 Å². The van der Waals surface area contributed by atoms with Crippen LogP contribution in [-0.2, 0) is 21.0 Å². The molecule has 1 amide bonds. The molecule has 2 aromatic rings. The first-order chi connectivity index (χ1) is 14.1. The van der Waals surface area contributed by atoms with E-state index in [0.717, 1.165) is 12.1 Å². The molecule has 1 saturated heterocycles. The second-order valence-electron chi connectivity index (χ2n) is 7.02. The van der Waals surface area contributed by atoms with Crippen molar-refractivity contribution in [3.63, 3.8) is 0 Å². The smallest absolute Gasteiger partial charge is 0.376 e. The Labute approximate surface area is 173 Å². The molecule has 30 heavy (non-hydrogen) atoms. The molecule has 1 aliphatic rings. The first-order valence-corrected chi connectivity index (χ1v) is 10.9. The van der Waals surface area contributed by atoms with Crippen LogP contribution < -0.4 is 10.0 Å². The highest BCUT2D eigenvalue weighted by atomic mass is 32.2. The van der Waals surface area contributed by atoms with Crippen LogP contribution in [0.4, 0.5) is 18.9 Å². The predicted octanol–water partition coefficient (Wildman–Crippen LogP) is 3.09. The molecule has 0 radical (unpaired) electrons. The summed E-state index contributed by atoms with van der Waals surface area (Å²) in [6, 6.07) is 12.4. The van der Waals surface area contributed by atoms with Crippen molar-refractivity contribution in [3.8, 4) is 0 Å². The van der Waals surface area contributed by atoms with Crippen molar-refractivity contribution < 1.29 is 26.4 Å². The van der Waals surface area contributed by atoms with E-state index in [1.165, 1.54) is 24.3 Å². The van der Waals surface area contributed by atoms with Gasteiger partial charge in [-0.2, -0.15) is 13.2 Å². The van der Waals surface area contributed by atoms with Crippen molar-refractivity contribution >= 4 is 21.6 Å². The highest BCUT2D eigenvalue weighted by molar-refractivity contribution is 7.89. The molecule has 1 aliphatic heterocycles. The second kappa shape index (κ2) is 9.05. The van der Waals surface area contributed by atoms with Gasteiger partial charge in [-0.25, -0.2) is 13.1 Å². The molecule has 1 fully saturated rings. The third kappa shape index (κ3) is 5.73. The number of benzene rings is 2. The van der Waals surface area contributed by atoms with Gasteiger partial charge in [0, 0.05) is 24.8 Å². The van der Waals surface area contributed by atoms with Crippen LogP contribution >= 0.6 is 0 Å². The normalized spacial score (nSPS) is 15.8. The van der Waals surface area contributed by atoms with Gasteiger partial charge in [0.15, 0.2) is 0 Å². The maximum absolute atomic E-state index is 12.8. The number of carbonyl (C=O) groups is 1. The molecule has 2 aromatic carbocycles. The van der Waals surface area contributed by atoms with Crippen molar-refractivity contribution in [2.45, 2.75) is 30.0 Å². The van der Waals surface area contributed by atoms with E-state index in [-0.39, 0.29) is 29.1 Å². The second-order valence-corrected chi connectivity index (χ2v) is 8.74. The molecule has 2 N–H and O–H groups in total. The number of alkyl halides is 3. The van der Waals surface area contributed by atoms with E-state index >= 15 is 0 Å². The molecule has 0 aromatic heterocycles. The van der Waals surface area contributed by atoms with Crippen LogP contribution in [0.2, 0.25) is 0 Å². The number of nitrogens with zero attached hydrogens (tertiary/aromatic N) is 1. The van der Waals surface area contributed by atoms with Crippen LogP contribution in [-0.4, -0.2) is 44.9 Å². The first-order valence-electron chi connectivity index (χ1n) is 9.41. The van der Waals surface area contributed by atoms with E-state index in [2.05, 4.69) is 10.0 Å². The summed E-state index contributed by atoms with van der Waals surface area (Å²) in [4.78, 5) is 14.1. The minimum absolute atomic E-state index is 0.137. The van der Waals surface area contributed by atoms with Gasteiger partial charge < -0.3 is 10.2 Å². The quantitative estimate of drug-likeness (QED) is 0.722. The zero-order chi connectivity index (χ0) is 21.8. The third-order valence-corrected chi connectivity index (χ3v) is 6.39. The number of nitrogens with one attached hydrogen (secondary N) is 2. The Morgan fingerprint density at radius 3 is 2.33 bits per heavy atom. The van der Waals surface area contributed by atoms with Gasteiger partial charge in [-0.15, -0.1) is 0 Å². The average molecular weight is 441 g/mol. The number of sulfonamides is 1. The van der Waals surface area contributed by atoms with Gasteiger partial charge in [0.05, 0.1) is 17.0 Å². The van der Waals surface area contributed by atoms with Gasteiger partial charge >= 0.3 is 6.18 Å². The van der Waals surface area contributed by atoms with Crippen molar-refractivity contribution in [2.24, 2.45) is 0 Å². The van der Waals surface area contributed by atoms with Crippen LogP contribution in [0.15, 0.2) is 59.5 Å². The number of amides is 1. The maximum Gasteiger partial charge on any atom is 0.416 e. The van der Waals surface area contributed by atoms with Crippen LogP contribution in [0.3, 0.4) is 0 Å². The lowest BCUT2D eigenvalue weighted by Gasteiger charge is -2.32. The lowest BCUT2D eigenvalue weighted by atomic mass is 10.1. The van der Waals surface area contributed by atoms with Crippen molar-refractivity contribution in [1.29, 1.82) is 0 Å². The Morgan fingerprint density at radius 2 is 1.70 bits per heavy atom. The number of carbonyl (C=O) groups excluding carboxylic acids is 1. The van der Waals surface area contributed by atoms with E-state index in [1.54, 1.807) is 23.1 Å². The summed E-state index contributed by atoms with van der Waals surface area (Å²) < 4.78 is 65.7. The number of halogens is 3. The number of hydrogen-bond acceptors (Lipinski definition) is 4. The Hall–Kier alpha value is -2.59. The fourth-order valence-corrected chi connectivity index (χ4v) is 4.55. The largest absolute Gasteiger partial charge is 0.416 e. The Kier molecular flexibility index (Phi) is 6.67. The highest BCUT2D eigenvalue weighted by Crippen LogP contribution is 2.30. The fraction of sp³-hybridized carbons (Fsp3) is 0.350. The average Bonchev–Trinajstić information content (AvgIpc) is 2.72. The van der Waals surface area contributed by atoms with Gasteiger partial charge in [-0.05, 0) is 43.2 Å². The van der Waals surface area contributed by atoms with Gasteiger partial charge in [0.2, 0.25) is 15.9 Å². The Balaban J connectivity index is 1.49. The van der Waals surface area contributed by atoms with Gasteiger partial charge in [-0.1, -0.05) is 24.3 Å². The minimum Gasteiger partial charge on any atom is -0.376 e. The first kappa shape index (κ1) is 22.1. The molecule has 0 bridgehead atoms. The molecule has 162 valence electrons. The molecule has 0 unspecified atom stereocenters. The number of piperidine rings is 1. The van der Waals surface area contributed by atoms with Crippen LogP contribution in [0.1, 0.15) is 18.4 Å². The highest BCUT2D eigenvalue weighted by Gasteiger charge is 2.30. The van der Waals surface area contributed by atoms with Crippen LogP contribution in [0.5, 0.6) is 0 Å². The summed E-state index contributed by atoms with van der Waals surface area (Å²) in [5.41, 5.74) is -0.574. The fourth-order valence-electron chi connectivity index (χ4n) is 3.23. The van der Waals surface area contributed by atoms with E-state index < -0.39 is 21.8 Å². The van der Waals surface area contributed by atoms with Gasteiger partial charge in [0.1, 0.15) is 0 Å². The van der Waals surface area contributed by atoms with Crippen molar-refractivity contribution in [3.05, 3.63) is 60.2 Å². The summed E-state index contributed by atoms with van der Waals surface area (Å²) in [7, 11) is -3.62. The summed E-state index contributed by atoms with van der Waals surface area (Å²) >= 11 is 0. The topological polar surface area (TPSA) is 78.5 Å². The minimum atomic E-state index is -4.45. The lowest BCUT2D eigenvalue weighted by molar-refractivity contribution is -0.137. The zero-order valence-corrected chi connectivity index (χ0v) is 16.8. The molecule has 0 aliphatic carbocycles. The lowest BCUT2D eigenvalue weighted by Crippen LogP contribution is -2.47. The molecular weight excluding hydrogens is 419 g/mol. The number of likely N-dealkylation sites (tertiary alicyclic amines) is 1. The number of anilines is 1. The summed E-state index contributed by atoms with van der Waals surface area (Å²) in [6.07, 6.45) is -3.53. The molecule has 1 heterocycles. The van der Waals surface area contributed by atoms with Crippen molar-refractivity contribution in [2.75, 3.05) is 25.0 Å². The van der Waals surface area contributed by atoms with Gasteiger partial charge in [0.25, 0.3) is 0 Å². The van der Waals surface area contributed by atoms with Crippen LogP contribution in [0.25, 0.3) is 0 Å². The molecule has 0 atom stereocenters. The summed E-state index contributed by atoms with van der Waals surface area (Å²) in [5, 5.41) is 2.72. The van der Waals surface area contributed by atoms with E-state index in [4.69, 9.17) is 0 Å². The van der Waals surface area contributed by atoms with Crippen LogP contribution in [0, 0.1) is 0 Å². The zero-order valence-electron chi connectivity index (χ0n) is 16.0. The Morgan fingerprint density at radius 1 is 1.03 bits per heavy atom. The molecule has 6 nitrogen and oxygen atoms in total. The molecular formula is C20H22F3N3O3S. The molecule has 0 saturated carbocycles. The monoisotopic (exact) mass is 441 g/mol. The summed E-state index contributed by atoms with van der Waals surface area (Å²) in [6.45, 7) is 0.595. The SMILES string of the molecule is O=C(CNc1cccc(C(F)(F)F)c1)N1CCC(NS(=O)(=O)c2ccccc2)CC1. The number of hydrogen-bond donors (Lipinski definition) is 2. The van der Waals surface area contributed by atoms with Gasteiger partial charge in [-0.3, -0.25) is 4.79 Å². The molecule has 0 spiro atoms. The summed E-state index contributed by atoms with van der Waals surface area (Å²) in [5.74, 6) is -0.253. The molecule has 3 rings (SSSR count). The number of rotatable bonds is 6. The van der Waals surface area contributed by atoms with Crippen molar-refractivity contribution in [1.82, 2.24) is 9.62 Å². The standard InChI is InChI=1S/C20H22F3N3O3S/c21-20(22,23)15-5-4-6-17(13-15)24-14-19(27)26-11-9-16(10-12-26)25-30(28,29)18-7-2-1-3-8-18/h1-8,13,16,24-25H,9-12,14H2.